The van der Waals surface area contributed by atoms with Crippen LogP contribution in [0.2, 0.25) is 5.02 Å². The summed E-state index contributed by atoms with van der Waals surface area (Å²) in [6.07, 6.45) is 2.49. The Hall–Kier alpha value is -1.74. The molecule has 90 valence electrons. The fourth-order valence-electron chi connectivity index (χ4n) is 1.14. The van der Waals surface area contributed by atoms with Gasteiger partial charge in [-0.3, -0.25) is 0 Å². The number of hydrogen-bond acceptors (Lipinski definition) is 2. The van der Waals surface area contributed by atoms with Gasteiger partial charge in [0.1, 0.15) is 12.4 Å². The van der Waals surface area contributed by atoms with Crippen molar-refractivity contribution in [3.63, 3.8) is 0 Å². The molecule has 0 heterocycles. The van der Waals surface area contributed by atoms with Gasteiger partial charge in [0.25, 0.3) is 0 Å². The van der Waals surface area contributed by atoms with Gasteiger partial charge >= 0.3 is 5.97 Å². The first-order valence-corrected chi connectivity index (χ1v) is 5.34. The number of rotatable bonds is 5. The van der Waals surface area contributed by atoms with Crippen molar-refractivity contribution >= 4 is 23.6 Å². The molecule has 3 nitrogen and oxygen atoms in total. The third-order valence-electron chi connectivity index (χ3n) is 1.85. The maximum Gasteiger partial charge on any atom is 0.328 e. The minimum atomic E-state index is -1.02. The van der Waals surface area contributed by atoms with Crippen molar-refractivity contribution in [3.05, 3.63) is 47.0 Å². The van der Waals surface area contributed by atoms with Crippen LogP contribution in [0.15, 0.2) is 36.4 Å². The molecule has 17 heavy (non-hydrogen) atoms. The number of carbonyl (C=O) groups is 1. The first kappa shape index (κ1) is 13.3. The Balaban J connectivity index is 2.95. The maximum atomic E-state index is 10.5. The van der Waals surface area contributed by atoms with Crippen molar-refractivity contribution in [3.8, 4) is 5.75 Å². The number of benzene rings is 1. The molecular formula is C13H13ClO3. The van der Waals surface area contributed by atoms with E-state index < -0.39 is 5.97 Å². The Labute approximate surface area is 105 Å². The molecule has 1 rings (SSSR count). The van der Waals surface area contributed by atoms with Gasteiger partial charge in [-0.1, -0.05) is 18.2 Å². The van der Waals surface area contributed by atoms with Crippen molar-refractivity contribution in [2.24, 2.45) is 0 Å². The van der Waals surface area contributed by atoms with Gasteiger partial charge in [0.2, 0.25) is 0 Å². The minimum absolute atomic E-state index is 0.384. The topological polar surface area (TPSA) is 46.5 Å². The normalized spacial score (nSPS) is 10.5. The van der Waals surface area contributed by atoms with Crippen molar-refractivity contribution < 1.29 is 14.6 Å². The lowest BCUT2D eigenvalue weighted by atomic mass is 10.2. The molecule has 0 unspecified atom stereocenters. The second-order valence-corrected chi connectivity index (χ2v) is 4.04. The van der Waals surface area contributed by atoms with Gasteiger partial charge in [-0.2, -0.15) is 0 Å². The highest BCUT2D eigenvalue weighted by molar-refractivity contribution is 6.30. The first-order valence-electron chi connectivity index (χ1n) is 4.97. The predicted molar refractivity (Wildman–Crippen MR) is 68.4 cm³/mol. The first-order chi connectivity index (χ1) is 7.99. The highest BCUT2D eigenvalue weighted by atomic mass is 35.5. The second-order valence-electron chi connectivity index (χ2n) is 3.60. The standard InChI is InChI=1S/C13H13ClO3/c1-9(2)8-17-12-5-4-11(14)7-10(12)3-6-13(15)16/h3-7H,1,8H2,2H3,(H,15,16)/b6-3+. The van der Waals surface area contributed by atoms with Gasteiger partial charge in [0, 0.05) is 16.7 Å². The summed E-state index contributed by atoms with van der Waals surface area (Å²) in [5, 5.41) is 9.10. The number of carboxylic acid groups (broad SMARTS) is 1. The van der Waals surface area contributed by atoms with Crippen LogP contribution in [-0.2, 0) is 4.79 Å². The average molecular weight is 253 g/mol. The van der Waals surface area contributed by atoms with Crippen LogP contribution in [0.5, 0.6) is 5.75 Å². The summed E-state index contributed by atoms with van der Waals surface area (Å²) in [7, 11) is 0. The van der Waals surface area contributed by atoms with Crippen LogP contribution in [-0.4, -0.2) is 17.7 Å². The molecule has 0 aliphatic heterocycles. The van der Waals surface area contributed by atoms with Gasteiger partial charge in [0.15, 0.2) is 0 Å². The third-order valence-corrected chi connectivity index (χ3v) is 2.09. The van der Waals surface area contributed by atoms with E-state index in [1.54, 1.807) is 18.2 Å². The lowest BCUT2D eigenvalue weighted by molar-refractivity contribution is -0.131. The highest BCUT2D eigenvalue weighted by Gasteiger charge is 2.02. The van der Waals surface area contributed by atoms with Crippen LogP contribution in [0.25, 0.3) is 6.08 Å². The van der Waals surface area contributed by atoms with Gasteiger partial charge in [-0.25, -0.2) is 4.79 Å². The van der Waals surface area contributed by atoms with E-state index >= 15 is 0 Å². The summed E-state index contributed by atoms with van der Waals surface area (Å²) in [6.45, 7) is 5.96. The van der Waals surface area contributed by atoms with E-state index in [4.69, 9.17) is 21.4 Å². The fraction of sp³-hybridized carbons (Fsp3) is 0.154. The molecule has 0 aliphatic carbocycles. The Morgan fingerprint density at radius 3 is 2.88 bits per heavy atom. The number of halogens is 1. The van der Waals surface area contributed by atoms with E-state index in [0.29, 0.717) is 22.9 Å². The van der Waals surface area contributed by atoms with E-state index in [0.717, 1.165) is 11.6 Å². The molecule has 0 saturated heterocycles. The zero-order chi connectivity index (χ0) is 12.8. The molecule has 0 amide bonds. The van der Waals surface area contributed by atoms with Crippen LogP contribution in [0.1, 0.15) is 12.5 Å². The Morgan fingerprint density at radius 1 is 1.59 bits per heavy atom. The number of ether oxygens (including phenoxy) is 1. The molecule has 4 heteroatoms. The molecule has 0 fully saturated rings. The summed E-state index contributed by atoms with van der Waals surface area (Å²) in [4.78, 5) is 10.5. The fourth-order valence-corrected chi connectivity index (χ4v) is 1.32. The van der Waals surface area contributed by atoms with Crippen LogP contribution in [0, 0.1) is 0 Å². The van der Waals surface area contributed by atoms with E-state index in [1.165, 1.54) is 6.08 Å². The zero-order valence-corrected chi connectivity index (χ0v) is 10.2. The third kappa shape index (κ3) is 4.74. The van der Waals surface area contributed by atoms with Gasteiger partial charge in [-0.15, -0.1) is 0 Å². The average Bonchev–Trinajstić information content (AvgIpc) is 2.24. The van der Waals surface area contributed by atoms with Crippen LogP contribution < -0.4 is 4.74 Å². The molecule has 1 N–H and O–H groups in total. The van der Waals surface area contributed by atoms with Crippen molar-refractivity contribution in [2.75, 3.05) is 6.61 Å². The van der Waals surface area contributed by atoms with E-state index in [9.17, 15) is 4.79 Å². The number of carboxylic acids is 1. The molecule has 0 radical (unpaired) electrons. The second kappa shape index (κ2) is 6.11. The summed E-state index contributed by atoms with van der Waals surface area (Å²) >= 11 is 5.84. The molecule has 1 aromatic carbocycles. The molecule has 0 bridgehead atoms. The summed E-state index contributed by atoms with van der Waals surface area (Å²) in [6, 6.07) is 5.04. The van der Waals surface area contributed by atoms with Crippen molar-refractivity contribution in [1.29, 1.82) is 0 Å². The molecule has 0 aromatic heterocycles. The number of hydrogen-bond donors (Lipinski definition) is 1. The van der Waals surface area contributed by atoms with E-state index in [-0.39, 0.29) is 0 Å². The highest BCUT2D eigenvalue weighted by Crippen LogP contribution is 2.24. The summed E-state index contributed by atoms with van der Waals surface area (Å²) < 4.78 is 5.48. The van der Waals surface area contributed by atoms with Gasteiger partial charge < -0.3 is 9.84 Å². The SMILES string of the molecule is C=C(C)COc1ccc(Cl)cc1/C=C/C(=O)O. The zero-order valence-electron chi connectivity index (χ0n) is 9.44. The van der Waals surface area contributed by atoms with Crippen LogP contribution in [0.4, 0.5) is 0 Å². The molecule has 0 saturated carbocycles. The smallest absolute Gasteiger partial charge is 0.328 e. The minimum Gasteiger partial charge on any atom is -0.489 e. The molecule has 0 aliphatic rings. The molecule has 0 spiro atoms. The molecular weight excluding hydrogens is 240 g/mol. The van der Waals surface area contributed by atoms with Crippen molar-refractivity contribution in [2.45, 2.75) is 6.92 Å². The van der Waals surface area contributed by atoms with Crippen LogP contribution in [0.3, 0.4) is 0 Å². The lowest BCUT2D eigenvalue weighted by Crippen LogP contribution is -1.99. The Morgan fingerprint density at radius 2 is 2.29 bits per heavy atom. The largest absolute Gasteiger partial charge is 0.489 e. The molecule has 1 aromatic rings. The Bertz CT molecular complexity index is 464. The van der Waals surface area contributed by atoms with Gasteiger partial charge in [-0.05, 0) is 36.8 Å². The van der Waals surface area contributed by atoms with Gasteiger partial charge in [0.05, 0.1) is 0 Å². The van der Waals surface area contributed by atoms with Crippen LogP contribution >= 0.6 is 11.6 Å². The van der Waals surface area contributed by atoms with Crippen molar-refractivity contribution in [1.82, 2.24) is 0 Å². The summed E-state index contributed by atoms with van der Waals surface area (Å²) in [5.41, 5.74) is 1.51. The van der Waals surface area contributed by atoms with E-state index in [2.05, 4.69) is 6.58 Å². The number of aliphatic carboxylic acids is 1. The summed E-state index contributed by atoms with van der Waals surface area (Å²) in [5.74, 6) is -0.439. The van der Waals surface area contributed by atoms with E-state index in [1.807, 2.05) is 6.92 Å². The quantitative estimate of drug-likeness (QED) is 0.645. The Kier molecular flexibility index (Phi) is 4.79. The maximum absolute atomic E-state index is 10.5. The predicted octanol–water partition coefficient (Wildman–Crippen LogP) is 3.39. The lowest BCUT2D eigenvalue weighted by Gasteiger charge is -2.09. The molecule has 0 atom stereocenters. The monoisotopic (exact) mass is 252 g/mol.